The molecule has 2 aliphatic rings. The van der Waals surface area contributed by atoms with Gasteiger partial charge in [0.05, 0.1) is 23.1 Å². The molecule has 0 unspecified atom stereocenters. The highest BCUT2D eigenvalue weighted by molar-refractivity contribution is 8.15. The SMILES string of the molecule is COc1ccccc1C(=N)N1CCCc2cc(C3=NNC(=O)SC3(C)C)ccc21. The molecular formula is C22H24N4O2S. The van der Waals surface area contributed by atoms with Gasteiger partial charge in [0, 0.05) is 12.2 Å². The molecular weight excluding hydrogens is 384 g/mol. The molecule has 2 aromatic carbocycles. The largest absolute Gasteiger partial charge is 0.496 e. The summed E-state index contributed by atoms with van der Waals surface area (Å²) in [6.07, 6.45) is 1.92. The molecule has 150 valence electrons. The van der Waals surface area contributed by atoms with E-state index in [0.29, 0.717) is 11.6 Å². The van der Waals surface area contributed by atoms with Gasteiger partial charge in [0.25, 0.3) is 5.24 Å². The van der Waals surface area contributed by atoms with Crippen LogP contribution in [0.4, 0.5) is 10.5 Å². The van der Waals surface area contributed by atoms with Gasteiger partial charge in [-0.2, -0.15) is 5.10 Å². The lowest BCUT2D eigenvalue weighted by Crippen LogP contribution is -2.39. The first-order valence-corrected chi connectivity index (χ1v) is 10.4. The summed E-state index contributed by atoms with van der Waals surface area (Å²) in [5.74, 6) is 1.14. The zero-order chi connectivity index (χ0) is 20.6. The summed E-state index contributed by atoms with van der Waals surface area (Å²) in [4.78, 5) is 13.7. The molecule has 0 saturated carbocycles. The van der Waals surface area contributed by atoms with E-state index in [-0.39, 0.29) is 5.24 Å². The molecule has 0 aliphatic carbocycles. The van der Waals surface area contributed by atoms with Gasteiger partial charge >= 0.3 is 0 Å². The Morgan fingerprint density at radius 3 is 2.83 bits per heavy atom. The Kier molecular flexibility index (Phi) is 5.08. The lowest BCUT2D eigenvalue weighted by Gasteiger charge is -2.33. The summed E-state index contributed by atoms with van der Waals surface area (Å²) < 4.78 is 5.06. The van der Waals surface area contributed by atoms with Crippen molar-refractivity contribution in [2.75, 3.05) is 18.6 Å². The molecule has 0 saturated heterocycles. The van der Waals surface area contributed by atoms with Crippen molar-refractivity contribution >= 4 is 34.2 Å². The van der Waals surface area contributed by atoms with E-state index in [2.05, 4.69) is 22.7 Å². The highest BCUT2D eigenvalue weighted by Gasteiger charge is 2.34. The number of hydrogen-bond donors (Lipinski definition) is 2. The minimum absolute atomic E-state index is 0.131. The fourth-order valence-electron chi connectivity index (χ4n) is 3.91. The molecule has 0 bridgehead atoms. The number of amidine groups is 1. The highest BCUT2D eigenvalue weighted by Crippen LogP contribution is 2.36. The van der Waals surface area contributed by atoms with Gasteiger partial charge < -0.3 is 9.64 Å². The van der Waals surface area contributed by atoms with Crippen LogP contribution in [0.25, 0.3) is 0 Å². The summed E-state index contributed by atoms with van der Waals surface area (Å²) in [5.41, 5.74) is 7.46. The van der Waals surface area contributed by atoms with E-state index in [1.165, 1.54) is 17.3 Å². The van der Waals surface area contributed by atoms with Gasteiger partial charge in [0.15, 0.2) is 0 Å². The molecule has 0 aromatic heterocycles. The van der Waals surface area contributed by atoms with Crippen molar-refractivity contribution in [2.45, 2.75) is 31.4 Å². The molecule has 0 radical (unpaired) electrons. The van der Waals surface area contributed by atoms with E-state index in [1.807, 2.05) is 49.1 Å². The predicted octanol–water partition coefficient (Wildman–Crippen LogP) is 4.41. The second-order valence-electron chi connectivity index (χ2n) is 7.62. The van der Waals surface area contributed by atoms with Gasteiger partial charge in [-0.15, -0.1) is 0 Å². The first-order valence-electron chi connectivity index (χ1n) is 9.60. The summed E-state index contributed by atoms with van der Waals surface area (Å²) >= 11 is 1.25. The molecule has 0 spiro atoms. The molecule has 2 aliphatic heterocycles. The number of amides is 1. The van der Waals surface area contributed by atoms with Crippen molar-refractivity contribution < 1.29 is 9.53 Å². The Morgan fingerprint density at radius 2 is 2.07 bits per heavy atom. The molecule has 29 heavy (non-hydrogen) atoms. The minimum atomic E-state index is -0.394. The van der Waals surface area contributed by atoms with E-state index >= 15 is 0 Å². The number of anilines is 1. The first-order chi connectivity index (χ1) is 13.9. The number of hydrogen-bond acceptors (Lipinski definition) is 5. The van der Waals surface area contributed by atoms with Crippen LogP contribution < -0.4 is 15.1 Å². The number of hydrazone groups is 1. The number of methoxy groups -OCH3 is 1. The second-order valence-corrected chi connectivity index (χ2v) is 9.22. The Balaban J connectivity index is 1.69. The number of thioether (sulfide) groups is 1. The number of para-hydroxylation sites is 1. The van der Waals surface area contributed by atoms with Crippen LogP contribution in [-0.4, -0.2) is 35.2 Å². The van der Waals surface area contributed by atoms with Gasteiger partial charge in [-0.1, -0.05) is 30.0 Å². The van der Waals surface area contributed by atoms with Crippen molar-refractivity contribution in [1.82, 2.24) is 5.43 Å². The van der Waals surface area contributed by atoms with Crippen LogP contribution in [0.2, 0.25) is 0 Å². The highest BCUT2D eigenvalue weighted by atomic mass is 32.2. The lowest BCUT2D eigenvalue weighted by molar-refractivity contribution is 0.260. The molecule has 0 fully saturated rings. The molecule has 1 amide bonds. The van der Waals surface area contributed by atoms with Crippen molar-refractivity contribution in [3.63, 3.8) is 0 Å². The zero-order valence-corrected chi connectivity index (χ0v) is 17.6. The minimum Gasteiger partial charge on any atom is -0.496 e. The fraction of sp³-hybridized carbons (Fsp3) is 0.318. The summed E-state index contributed by atoms with van der Waals surface area (Å²) in [6.45, 7) is 4.82. The number of rotatable bonds is 3. The van der Waals surface area contributed by atoms with Crippen molar-refractivity contribution in [3.8, 4) is 5.75 Å². The number of carbonyl (C=O) groups excluding carboxylic acids is 1. The average Bonchev–Trinajstić information content (AvgIpc) is 2.71. The van der Waals surface area contributed by atoms with E-state index < -0.39 is 4.75 Å². The van der Waals surface area contributed by atoms with Crippen LogP contribution in [0.5, 0.6) is 5.75 Å². The summed E-state index contributed by atoms with van der Waals surface area (Å²) in [6, 6.07) is 13.9. The van der Waals surface area contributed by atoms with Crippen molar-refractivity contribution in [2.24, 2.45) is 5.10 Å². The topological polar surface area (TPSA) is 77.8 Å². The quantitative estimate of drug-likeness (QED) is 0.582. The van der Waals surface area contributed by atoms with Crippen LogP contribution in [0.1, 0.15) is 37.0 Å². The Labute approximate surface area is 174 Å². The van der Waals surface area contributed by atoms with Crippen LogP contribution in [0.3, 0.4) is 0 Å². The number of nitrogens with one attached hydrogen (secondary N) is 2. The van der Waals surface area contributed by atoms with Crippen LogP contribution in [-0.2, 0) is 6.42 Å². The average molecular weight is 409 g/mol. The Hall–Kier alpha value is -2.80. The first kappa shape index (κ1) is 19.5. The van der Waals surface area contributed by atoms with E-state index in [0.717, 1.165) is 41.9 Å². The summed E-state index contributed by atoms with van der Waals surface area (Å²) in [5, 5.41) is 13.0. The third kappa shape index (κ3) is 3.62. The van der Waals surface area contributed by atoms with E-state index in [4.69, 9.17) is 10.1 Å². The van der Waals surface area contributed by atoms with Gasteiger partial charge in [-0.25, -0.2) is 5.43 Å². The number of carbonyl (C=O) groups is 1. The number of benzene rings is 2. The van der Waals surface area contributed by atoms with Crippen LogP contribution in [0.15, 0.2) is 47.6 Å². The predicted molar refractivity (Wildman–Crippen MR) is 119 cm³/mol. The van der Waals surface area contributed by atoms with Crippen LogP contribution in [0, 0.1) is 5.41 Å². The monoisotopic (exact) mass is 408 g/mol. The van der Waals surface area contributed by atoms with E-state index in [9.17, 15) is 4.79 Å². The molecule has 6 nitrogen and oxygen atoms in total. The second kappa shape index (κ2) is 7.55. The number of nitrogens with zero attached hydrogens (tertiary/aromatic N) is 2. The number of fused-ring (bicyclic) bond motifs is 1. The van der Waals surface area contributed by atoms with Crippen LogP contribution >= 0.6 is 11.8 Å². The van der Waals surface area contributed by atoms with Gasteiger partial charge in [0.1, 0.15) is 11.6 Å². The molecule has 2 heterocycles. The standard InChI is InChI=1S/C22H24N4O2S/c1-22(2)19(24-25-21(27)29-22)15-10-11-17-14(13-15)7-6-12-26(17)20(23)16-8-4-5-9-18(16)28-3/h4-5,8-11,13,23H,6-7,12H2,1-3H3,(H,25,27). The van der Waals surface area contributed by atoms with E-state index in [1.54, 1.807) is 7.11 Å². The zero-order valence-electron chi connectivity index (χ0n) is 16.8. The fourth-order valence-corrected chi connectivity index (χ4v) is 4.73. The molecule has 0 atom stereocenters. The molecule has 7 heteroatoms. The molecule has 2 N–H and O–H groups in total. The third-order valence-electron chi connectivity index (χ3n) is 5.28. The Bertz CT molecular complexity index is 1020. The number of ether oxygens (including phenoxy) is 1. The molecule has 4 rings (SSSR count). The van der Waals surface area contributed by atoms with Crippen molar-refractivity contribution in [1.29, 1.82) is 5.41 Å². The van der Waals surface area contributed by atoms with Gasteiger partial charge in [-0.05, 0) is 62.1 Å². The lowest BCUT2D eigenvalue weighted by atomic mass is 9.93. The maximum atomic E-state index is 11.7. The maximum Gasteiger partial charge on any atom is 0.300 e. The summed E-state index contributed by atoms with van der Waals surface area (Å²) in [7, 11) is 1.63. The Morgan fingerprint density at radius 1 is 1.28 bits per heavy atom. The normalized spacial score (nSPS) is 17.8. The van der Waals surface area contributed by atoms with Crippen molar-refractivity contribution in [3.05, 3.63) is 59.2 Å². The maximum absolute atomic E-state index is 11.7. The molecule has 2 aromatic rings. The van der Waals surface area contributed by atoms with Gasteiger partial charge in [0.2, 0.25) is 0 Å². The third-order valence-corrected chi connectivity index (χ3v) is 6.26. The van der Waals surface area contributed by atoms with Gasteiger partial charge in [-0.3, -0.25) is 10.2 Å². The smallest absolute Gasteiger partial charge is 0.300 e. The number of aryl methyl sites for hydroxylation is 1.